The Labute approximate surface area is 87.7 Å². The van der Waals surface area contributed by atoms with Crippen molar-refractivity contribution in [3.05, 3.63) is 29.8 Å². The van der Waals surface area contributed by atoms with Crippen molar-refractivity contribution in [3.8, 4) is 0 Å². The Hall–Kier alpha value is -0.980. The first-order valence-corrected chi connectivity index (χ1v) is 5.45. The highest BCUT2D eigenvalue weighted by Gasteiger charge is 2.05. The molecule has 0 saturated carbocycles. The fourth-order valence-electron chi connectivity index (χ4n) is 1.61. The van der Waals surface area contributed by atoms with Crippen LogP contribution in [0.25, 0.3) is 0 Å². The molecular formula is C13H21N. The van der Waals surface area contributed by atoms with E-state index in [2.05, 4.69) is 56.9 Å². The molecule has 1 aromatic carbocycles. The molecule has 0 fully saturated rings. The molecule has 0 atom stereocenters. The zero-order valence-electron chi connectivity index (χ0n) is 9.75. The average molecular weight is 191 g/mol. The first kappa shape index (κ1) is 11.1. The molecule has 0 bridgehead atoms. The Morgan fingerprint density at radius 2 is 1.71 bits per heavy atom. The highest BCUT2D eigenvalue weighted by molar-refractivity contribution is 5.47. The topological polar surface area (TPSA) is 3.24 Å². The van der Waals surface area contributed by atoms with E-state index >= 15 is 0 Å². The van der Waals surface area contributed by atoms with E-state index in [1.54, 1.807) is 0 Å². The monoisotopic (exact) mass is 191 g/mol. The summed E-state index contributed by atoms with van der Waals surface area (Å²) in [7, 11) is 0. The Bertz CT molecular complexity index is 261. The van der Waals surface area contributed by atoms with Crippen LogP contribution in [0.15, 0.2) is 24.3 Å². The molecule has 0 aromatic heterocycles. The number of nitrogens with zero attached hydrogens (tertiary/aromatic N) is 1. The van der Waals surface area contributed by atoms with Crippen molar-refractivity contribution < 1.29 is 0 Å². The summed E-state index contributed by atoms with van der Waals surface area (Å²) in [4.78, 5) is 2.42. The van der Waals surface area contributed by atoms with Crippen LogP contribution in [0, 0.1) is 12.8 Å². The molecule has 0 spiro atoms. The number of hydrogen-bond acceptors (Lipinski definition) is 1. The first-order valence-electron chi connectivity index (χ1n) is 5.45. The number of anilines is 1. The molecule has 0 amide bonds. The summed E-state index contributed by atoms with van der Waals surface area (Å²) in [6.45, 7) is 11.1. The molecule has 1 aromatic rings. The second-order valence-corrected chi connectivity index (χ2v) is 4.27. The quantitative estimate of drug-likeness (QED) is 0.704. The van der Waals surface area contributed by atoms with Crippen molar-refractivity contribution in [2.75, 3.05) is 18.0 Å². The Balaban J connectivity index is 2.73. The van der Waals surface area contributed by atoms with Crippen molar-refractivity contribution >= 4 is 5.69 Å². The van der Waals surface area contributed by atoms with Gasteiger partial charge in [0, 0.05) is 18.8 Å². The van der Waals surface area contributed by atoms with Crippen LogP contribution in [-0.4, -0.2) is 13.1 Å². The molecule has 0 aliphatic carbocycles. The SMILES string of the molecule is CCN(CC(C)C)c1ccc(C)cc1. The minimum atomic E-state index is 0.719. The van der Waals surface area contributed by atoms with Crippen molar-refractivity contribution in [2.24, 2.45) is 5.92 Å². The largest absolute Gasteiger partial charge is 0.372 e. The van der Waals surface area contributed by atoms with E-state index in [-0.39, 0.29) is 0 Å². The van der Waals surface area contributed by atoms with Gasteiger partial charge in [-0.3, -0.25) is 0 Å². The van der Waals surface area contributed by atoms with Crippen LogP contribution in [0.1, 0.15) is 26.3 Å². The highest BCUT2D eigenvalue weighted by atomic mass is 15.1. The standard InChI is InChI=1S/C13H21N/c1-5-14(10-11(2)3)13-8-6-12(4)7-9-13/h6-9,11H,5,10H2,1-4H3. The molecule has 0 heterocycles. The van der Waals surface area contributed by atoms with Gasteiger partial charge in [0.2, 0.25) is 0 Å². The third-order valence-electron chi connectivity index (χ3n) is 2.37. The number of hydrogen-bond donors (Lipinski definition) is 0. The van der Waals surface area contributed by atoms with Crippen molar-refractivity contribution in [1.82, 2.24) is 0 Å². The predicted molar refractivity (Wildman–Crippen MR) is 63.9 cm³/mol. The van der Waals surface area contributed by atoms with E-state index in [4.69, 9.17) is 0 Å². The maximum absolute atomic E-state index is 2.42. The third kappa shape index (κ3) is 3.06. The third-order valence-corrected chi connectivity index (χ3v) is 2.37. The maximum Gasteiger partial charge on any atom is 0.0366 e. The summed E-state index contributed by atoms with van der Waals surface area (Å²) < 4.78 is 0. The smallest absolute Gasteiger partial charge is 0.0366 e. The fraction of sp³-hybridized carbons (Fsp3) is 0.538. The van der Waals surface area contributed by atoms with E-state index < -0.39 is 0 Å². The van der Waals surface area contributed by atoms with Crippen LogP contribution in [0.3, 0.4) is 0 Å². The van der Waals surface area contributed by atoms with E-state index in [9.17, 15) is 0 Å². The summed E-state index contributed by atoms with van der Waals surface area (Å²) in [6, 6.07) is 8.78. The van der Waals surface area contributed by atoms with Crippen molar-refractivity contribution in [1.29, 1.82) is 0 Å². The van der Waals surface area contributed by atoms with E-state index in [0.717, 1.165) is 19.0 Å². The summed E-state index contributed by atoms with van der Waals surface area (Å²) >= 11 is 0. The molecule has 78 valence electrons. The van der Waals surface area contributed by atoms with Gasteiger partial charge in [-0.1, -0.05) is 31.5 Å². The van der Waals surface area contributed by atoms with Crippen LogP contribution >= 0.6 is 0 Å². The second kappa shape index (κ2) is 5.04. The van der Waals surface area contributed by atoms with Gasteiger partial charge in [-0.2, -0.15) is 0 Å². The minimum absolute atomic E-state index is 0.719. The number of benzene rings is 1. The molecule has 0 unspecified atom stereocenters. The lowest BCUT2D eigenvalue weighted by atomic mass is 10.1. The van der Waals surface area contributed by atoms with Gasteiger partial charge in [-0.05, 0) is 31.9 Å². The Morgan fingerprint density at radius 3 is 2.14 bits per heavy atom. The van der Waals surface area contributed by atoms with E-state index in [0.29, 0.717) is 0 Å². The zero-order chi connectivity index (χ0) is 10.6. The van der Waals surface area contributed by atoms with Crippen LogP contribution in [0.2, 0.25) is 0 Å². The maximum atomic E-state index is 2.42. The molecule has 0 aliphatic heterocycles. The summed E-state index contributed by atoms with van der Waals surface area (Å²) in [6.07, 6.45) is 0. The van der Waals surface area contributed by atoms with Crippen LogP contribution in [0.4, 0.5) is 5.69 Å². The highest BCUT2D eigenvalue weighted by Crippen LogP contribution is 2.16. The van der Waals surface area contributed by atoms with Crippen molar-refractivity contribution in [2.45, 2.75) is 27.7 Å². The molecule has 0 saturated heterocycles. The molecule has 0 radical (unpaired) electrons. The predicted octanol–water partition coefficient (Wildman–Crippen LogP) is 3.48. The lowest BCUT2D eigenvalue weighted by molar-refractivity contribution is 0.619. The van der Waals surface area contributed by atoms with Crippen LogP contribution < -0.4 is 4.90 Å². The minimum Gasteiger partial charge on any atom is -0.372 e. The van der Waals surface area contributed by atoms with Gasteiger partial charge in [0.05, 0.1) is 0 Å². The lowest BCUT2D eigenvalue weighted by Gasteiger charge is -2.25. The molecule has 1 nitrogen and oxygen atoms in total. The Morgan fingerprint density at radius 1 is 1.14 bits per heavy atom. The normalized spacial score (nSPS) is 10.6. The van der Waals surface area contributed by atoms with E-state index in [1.165, 1.54) is 11.3 Å². The second-order valence-electron chi connectivity index (χ2n) is 4.27. The van der Waals surface area contributed by atoms with Gasteiger partial charge in [0.25, 0.3) is 0 Å². The van der Waals surface area contributed by atoms with Gasteiger partial charge < -0.3 is 4.90 Å². The Kier molecular flexibility index (Phi) is 3.99. The van der Waals surface area contributed by atoms with Gasteiger partial charge in [-0.15, -0.1) is 0 Å². The summed E-state index contributed by atoms with van der Waals surface area (Å²) in [5.74, 6) is 0.719. The molecule has 14 heavy (non-hydrogen) atoms. The first-order chi connectivity index (χ1) is 6.63. The molecule has 1 rings (SSSR count). The average Bonchev–Trinajstić information content (AvgIpc) is 2.15. The van der Waals surface area contributed by atoms with Crippen molar-refractivity contribution in [3.63, 3.8) is 0 Å². The number of aryl methyl sites for hydroxylation is 1. The van der Waals surface area contributed by atoms with Gasteiger partial charge in [0.1, 0.15) is 0 Å². The molecule has 1 heteroatoms. The molecule has 0 N–H and O–H groups in total. The summed E-state index contributed by atoms with van der Waals surface area (Å²) in [5, 5.41) is 0. The zero-order valence-corrected chi connectivity index (χ0v) is 9.75. The van der Waals surface area contributed by atoms with Gasteiger partial charge >= 0.3 is 0 Å². The fourth-order valence-corrected chi connectivity index (χ4v) is 1.61. The molecular weight excluding hydrogens is 170 g/mol. The number of rotatable bonds is 4. The summed E-state index contributed by atoms with van der Waals surface area (Å²) in [5.41, 5.74) is 2.67. The van der Waals surface area contributed by atoms with Gasteiger partial charge in [0.15, 0.2) is 0 Å². The van der Waals surface area contributed by atoms with E-state index in [1.807, 2.05) is 0 Å². The molecule has 0 aliphatic rings. The van der Waals surface area contributed by atoms with Crippen LogP contribution in [0.5, 0.6) is 0 Å². The lowest BCUT2D eigenvalue weighted by Crippen LogP contribution is -2.27. The van der Waals surface area contributed by atoms with Crippen LogP contribution in [-0.2, 0) is 0 Å². The van der Waals surface area contributed by atoms with Gasteiger partial charge in [-0.25, -0.2) is 0 Å².